The Kier molecular flexibility index (Phi) is 6.96. The van der Waals surface area contributed by atoms with Gasteiger partial charge in [0.25, 0.3) is 0 Å². The van der Waals surface area contributed by atoms with E-state index in [1.165, 1.54) is 6.42 Å². The molecule has 20 heavy (non-hydrogen) atoms. The van der Waals surface area contributed by atoms with Crippen LogP contribution < -0.4 is 5.73 Å². The van der Waals surface area contributed by atoms with Crippen LogP contribution in [0.2, 0.25) is 0 Å². The van der Waals surface area contributed by atoms with Gasteiger partial charge >= 0.3 is 5.97 Å². The number of nitrogens with two attached hydrogens (primary N) is 1. The van der Waals surface area contributed by atoms with Gasteiger partial charge in [0.05, 0.1) is 12.7 Å². The molecule has 0 aromatic heterocycles. The molecule has 0 bridgehead atoms. The lowest BCUT2D eigenvalue weighted by molar-refractivity contribution is -0.149. The van der Waals surface area contributed by atoms with E-state index in [-0.39, 0.29) is 5.97 Å². The summed E-state index contributed by atoms with van der Waals surface area (Å²) in [4.78, 5) is 11.7. The molecule has 4 atom stereocenters. The average Bonchev–Trinajstić information content (AvgIpc) is 2.39. The lowest BCUT2D eigenvalue weighted by atomic mass is 9.80. The average molecular weight is 285 g/mol. The Morgan fingerprint density at radius 2 is 2.00 bits per heavy atom. The minimum Gasteiger partial charge on any atom is -0.465 e. The number of esters is 1. The number of hydrogen-bond donors (Lipinski definition) is 1. The molecule has 0 aromatic rings. The summed E-state index contributed by atoms with van der Waals surface area (Å²) in [6, 6.07) is 0. The molecule has 0 aromatic carbocycles. The molecule has 4 nitrogen and oxygen atoms in total. The Balaban J connectivity index is 2.20. The van der Waals surface area contributed by atoms with E-state index >= 15 is 0 Å². The second kappa shape index (κ2) is 7.99. The predicted octanol–water partition coefficient (Wildman–Crippen LogP) is 2.89. The number of rotatable bonds is 7. The lowest BCUT2D eigenvalue weighted by Gasteiger charge is -2.32. The van der Waals surface area contributed by atoms with E-state index in [1.807, 2.05) is 0 Å². The molecular formula is C16H31NO3. The van der Waals surface area contributed by atoms with Crippen molar-refractivity contribution in [3.8, 4) is 0 Å². The summed E-state index contributed by atoms with van der Waals surface area (Å²) in [5, 5.41) is 0. The second-order valence-corrected chi connectivity index (χ2v) is 6.50. The normalized spacial score (nSPS) is 29.8. The minimum absolute atomic E-state index is 0.319. The van der Waals surface area contributed by atoms with Gasteiger partial charge in [-0.2, -0.15) is 0 Å². The minimum atomic E-state index is -0.895. The van der Waals surface area contributed by atoms with Gasteiger partial charge in [-0.3, -0.25) is 4.79 Å². The first-order valence-corrected chi connectivity index (χ1v) is 7.94. The summed E-state index contributed by atoms with van der Waals surface area (Å²) >= 11 is 0. The first kappa shape index (κ1) is 17.4. The van der Waals surface area contributed by atoms with Gasteiger partial charge in [-0.15, -0.1) is 0 Å². The predicted molar refractivity (Wildman–Crippen MR) is 80.4 cm³/mol. The standard InChI is InChI=1S/C16H31NO3/c1-5-19-15(18)16(4,17)9-6-10-20-14-8-7-12(2)13(3)11-14/h12-14H,5-11,17H2,1-4H3. The molecule has 0 heterocycles. The summed E-state index contributed by atoms with van der Waals surface area (Å²) in [5.74, 6) is 1.24. The third kappa shape index (κ3) is 5.41. The second-order valence-electron chi connectivity index (χ2n) is 6.50. The molecular weight excluding hydrogens is 254 g/mol. The van der Waals surface area contributed by atoms with E-state index in [9.17, 15) is 4.79 Å². The molecule has 0 spiro atoms. The topological polar surface area (TPSA) is 61.5 Å². The Bertz CT molecular complexity index is 304. The van der Waals surface area contributed by atoms with E-state index < -0.39 is 5.54 Å². The van der Waals surface area contributed by atoms with Crippen LogP contribution in [0.15, 0.2) is 0 Å². The van der Waals surface area contributed by atoms with Crippen molar-refractivity contribution in [1.29, 1.82) is 0 Å². The van der Waals surface area contributed by atoms with Crippen molar-refractivity contribution in [3.63, 3.8) is 0 Å². The van der Waals surface area contributed by atoms with Gasteiger partial charge in [0.2, 0.25) is 0 Å². The summed E-state index contributed by atoms with van der Waals surface area (Å²) in [6.45, 7) is 9.20. The summed E-state index contributed by atoms with van der Waals surface area (Å²) in [7, 11) is 0. The zero-order valence-corrected chi connectivity index (χ0v) is 13.5. The molecule has 0 radical (unpaired) electrons. The molecule has 0 amide bonds. The van der Waals surface area contributed by atoms with Crippen LogP contribution in [0.25, 0.3) is 0 Å². The fourth-order valence-electron chi connectivity index (χ4n) is 2.74. The maximum absolute atomic E-state index is 11.7. The van der Waals surface area contributed by atoms with Crippen LogP contribution >= 0.6 is 0 Å². The highest BCUT2D eigenvalue weighted by Crippen LogP contribution is 2.31. The molecule has 1 aliphatic carbocycles. The van der Waals surface area contributed by atoms with Gasteiger partial charge in [0.15, 0.2) is 0 Å². The molecule has 1 saturated carbocycles. The van der Waals surface area contributed by atoms with E-state index in [2.05, 4.69) is 13.8 Å². The van der Waals surface area contributed by atoms with Gasteiger partial charge in [0, 0.05) is 6.61 Å². The van der Waals surface area contributed by atoms with Gasteiger partial charge < -0.3 is 15.2 Å². The van der Waals surface area contributed by atoms with Crippen molar-refractivity contribution in [2.24, 2.45) is 17.6 Å². The van der Waals surface area contributed by atoms with Crippen LogP contribution in [-0.2, 0) is 14.3 Å². The van der Waals surface area contributed by atoms with Gasteiger partial charge in [-0.25, -0.2) is 0 Å². The van der Waals surface area contributed by atoms with Crippen LogP contribution in [0.4, 0.5) is 0 Å². The smallest absolute Gasteiger partial charge is 0.325 e. The monoisotopic (exact) mass is 285 g/mol. The quantitative estimate of drug-likeness (QED) is 0.577. The molecule has 0 aliphatic heterocycles. The highest BCUT2D eigenvalue weighted by Gasteiger charge is 2.29. The van der Waals surface area contributed by atoms with Gasteiger partial charge in [0.1, 0.15) is 5.54 Å². The number of ether oxygens (including phenoxy) is 2. The van der Waals surface area contributed by atoms with Crippen molar-refractivity contribution < 1.29 is 14.3 Å². The summed E-state index contributed by atoms with van der Waals surface area (Å²) in [6.07, 6.45) is 5.34. The van der Waals surface area contributed by atoms with Crippen molar-refractivity contribution >= 4 is 5.97 Å². The third-order valence-electron chi connectivity index (χ3n) is 4.49. The van der Waals surface area contributed by atoms with Gasteiger partial charge in [-0.1, -0.05) is 13.8 Å². The zero-order valence-electron chi connectivity index (χ0n) is 13.5. The largest absolute Gasteiger partial charge is 0.465 e. The Labute approximate surface area is 123 Å². The van der Waals surface area contributed by atoms with E-state index in [0.717, 1.165) is 31.1 Å². The summed E-state index contributed by atoms with van der Waals surface area (Å²) in [5.41, 5.74) is 5.08. The SMILES string of the molecule is CCOC(=O)C(C)(N)CCCOC1CCC(C)C(C)C1. The lowest BCUT2D eigenvalue weighted by Crippen LogP contribution is -2.46. The van der Waals surface area contributed by atoms with Crippen LogP contribution in [0.5, 0.6) is 0 Å². The van der Waals surface area contributed by atoms with Crippen LogP contribution in [0, 0.1) is 11.8 Å². The molecule has 1 fully saturated rings. The van der Waals surface area contributed by atoms with E-state index in [4.69, 9.17) is 15.2 Å². The molecule has 118 valence electrons. The van der Waals surface area contributed by atoms with Crippen molar-refractivity contribution in [3.05, 3.63) is 0 Å². The van der Waals surface area contributed by atoms with Crippen LogP contribution in [0.1, 0.15) is 59.8 Å². The maximum Gasteiger partial charge on any atom is 0.325 e. The van der Waals surface area contributed by atoms with Crippen LogP contribution in [-0.4, -0.2) is 30.8 Å². The van der Waals surface area contributed by atoms with E-state index in [1.54, 1.807) is 13.8 Å². The Morgan fingerprint density at radius 1 is 1.30 bits per heavy atom. The Hall–Kier alpha value is -0.610. The molecule has 4 unspecified atom stereocenters. The number of hydrogen-bond acceptors (Lipinski definition) is 4. The molecule has 1 rings (SSSR count). The van der Waals surface area contributed by atoms with Crippen molar-refractivity contribution in [1.82, 2.24) is 0 Å². The first-order chi connectivity index (χ1) is 9.36. The van der Waals surface area contributed by atoms with Crippen molar-refractivity contribution in [2.45, 2.75) is 71.4 Å². The van der Waals surface area contributed by atoms with Gasteiger partial charge in [-0.05, 0) is 57.8 Å². The molecule has 2 N–H and O–H groups in total. The fraction of sp³-hybridized carbons (Fsp3) is 0.938. The fourth-order valence-corrected chi connectivity index (χ4v) is 2.74. The summed E-state index contributed by atoms with van der Waals surface area (Å²) < 4.78 is 10.9. The highest BCUT2D eigenvalue weighted by atomic mass is 16.5. The molecule has 4 heteroatoms. The van der Waals surface area contributed by atoms with E-state index in [0.29, 0.717) is 25.7 Å². The number of carbonyl (C=O) groups excluding carboxylic acids is 1. The third-order valence-corrected chi connectivity index (χ3v) is 4.49. The number of carbonyl (C=O) groups is 1. The highest BCUT2D eigenvalue weighted by molar-refractivity contribution is 5.79. The Morgan fingerprint density at radius 3 is 2.60 bits per heavy atom. The first-order valence-electron chi connectivity index (χ1n) is 7.94. The molecule has 0 saturated heterocycles. The zero-order chi connectivity index (χ0) is 15.2. The van der Waals surface area contributed by atoms with Crippen LogP contribution in [0.3, 0.4) is 0 Å². The van der Waals surface area contributed by atoms with Crippen molar-refractivity contribution in [2.75, 3.05) is 13.2 Å². The molecule has 1 aliphatic rings. The maximum atomic E-state index is 11.7.